The van der Waals surface area contributed by atoms with Gasteiger partial charge in [-0.25, -0.2) is 0 Å². The van der Waals surface area contributed by atoms with Crippen LogP contribution in [0, 0.1) is 13.8 Å². The Kier molecular flexibility index (Phi) is 7.55. The lowest BCUT2D eigenvalue weighted by atomic mass is 10.1. The Morgan fingerprint density at radius 3 is 2.43 bits per heavy atom. The van der Waals surface area contributed by atoms with Gasteiger partial charge in [-0.3, -0.25) is 14.0 Å². The molecule has 2 aromatic carbocycles. The number of aryl methyl sites for hydroxylation is 2. The first-order valence-electron chi connectivity index (χ1n) is 11.6. The quantitative estimate of drug-likeness (QED) is 0.342. The van der Waals surface area contributed by atoms with Crippen molar-refractivity contribution in [2.24, 2.45) is 7.05 Å². The number of benzene rings is 2. The van der Waals surface area contributed by atoms with Gasteiger partial charge in [0.05, 0.1) is 28.9 Å². The molecule has 1 atom stereocenters. The Morgan fingerprint density at radius 2 is 1.80 bits per heavy atom. The van der Waals surface area contributed by atoms with Gasteiger partial charge in [-0.2, -0.15) is 5.10 Å². The Balaban J connectivity index is 1.61. The fraction of sp³-hybridized carbons (Fsp3) is 0.308. The van der Waals surface area contributed by atoms with Crippen LogP contribution in [0.5, 0.6) is 5.75 Å². The predicted octanol–water partition coefficient (Wildman–Crippen LogP) is 4.73. The van der Waals surface area contributed by atoms with E-state index in [4.69, 9.17) is 4.74 Å². The molecule has 4 aromatic rings. The van der Waals surface area contributed by atoms with Crippen molar-refractivity contribution in [3.05, 3.63) is 77.4 Å². The van der Waals surface area contributed by atoms with Crippen LogP contribution in [0.3, 0.4) is 0 Å². The molecule has 0 saturated carbocycles. The third-order valence-corrected chi connectivity index (χ3v) is 6.76. The van der Waals surface area contributed by atoms with Gasteiger partial charge >= 0.3 is 0 Å². The smallest absolute Gasteiger partial charge is 0.237 e. The van der Waals surface area contributed by atoms with Gasteiger partial charge in [0, 0.05) is 19.2 Å². The monoisotopic (exact) mass is 490 g/mol. The third-order valence-electron chi connectivity index (χ3n) is 5.72. The molecule has 2 aromatic heterocycles. The molecule has 0 fully saturated rings. The highest BCUT2D eigenvalue weighted by Gasteiger charge is 2.23. The Labute approximate surface area is 209 Å². The summed E-state index contributed by atoms with van der Waals surface area (Å²) in [5, 5.41) is 16.6. The number of nitrogens with zero attached hydrogens (tertiary/aromatic N) is 5. The first-order chi connectivity index (χ1) is 16.9. The molecule has 9 heteroatoms. The van der Waals surface area contributed by atoms with E-state index in [1.54, 1.807) is 4.68 Å². The second-order valence-electron chi connectivity index (χ2n) is 8.24. The maximum atomic E-state index is 13.0. The van der Waals surface area contributed by atoms with Crippen molar-refractivity contribution >= 4 is 23.4 Å². The van der Waals surface area contributed by atoms with E-state index in [9.17, 15) is 4.79 Å². The van der Waals surface area contributed by atoms with Crippen LogP contribution < -0.4 is 10.1 Å². The second kappa shape index (κ2) is 10.8. The Bertz CT molecular complexity index is 1300. The minimum absolute atomic E-state index is 0.111. The molecule has 8 nitrogen and oxygen atoms in total. The van der Waals surface area contributed by atoms with Gasteiger partial charge in [0.1, 0.15) is 11.6 Å². The predicted molar refractivity (Wildman–Crippen MR) is 138 cm³/mol. The topological polar surface area (TPSA) is 86.9 Å². The van der Waals surface area contributed by atoms with E-state index in [-0.39, 0.29) is 5.91 Å². The van der Waals surface area contributed by atoms with Gasteiger partial charge in [-0.1, -0.05) is 42.1 Å². The van der Waals surface area contributed by atoms with Crippen LogP contribution in [0.25, 0.3) is 5.69 Å². The lowest BCUT2D eigenvalue weighted by Gasteiger charge is -2.15. The molecule has 0 radical (unpaired) electrons. The maximum absolute atomic E-state index is 13.0. The number of aromatic nitrogens is 5. The Hall–Kier alpha value is -3.59. The van der Waals surface area contributed by atoms with E-state index in [2.05, 4.69) is 32.7 Å². The molecule has 4 rings (SSSR count). The van der Waals surface area contributed by atoms with E-state index in [1.807, 2.05) is 81.8 Å². The van der Waals surface area contributed by atoms with E-state index in [1.165, 1.54) is 11.8 Å². The van der Waals surface area contributed by atoms with Gasteiger partial charge in [-0.05, 0) is 57.5 Å². The molecule has 0 bridgehead atoms. The van der Waals surface area contributed by atoms with Gasteiger partial charge < -0.3 is 10.1 Å². The van der Waals surface area contributed by atoms with Gasteiger partial charge in [-0.15, -0.1) is 10.2 Å². The van der Waals surface area contributed by atoms with Crippen LogP contribution in [0.1, 0.15) is 36.6 Å². The van der Waals surface area contributed by atoms with Crippen LogP contribution in [0.2, 0.25) is 0 Å². The maximum Gasteiger partial charge on any atom is 0.237 e. The molecule has 0 aliphatic rings. The average molecular weight is 491 g/mol. The fourth-order valence-electron chi connectivity index (χ4n) is 3.78. The molecule has 1 unspecified atom stereocenters. The summed E-state index contributed by atoms with van der Waals surface area (Å²) in [4.78, 5) is 13.0. The molecule has 182 valence electrons. The first-order valence-corrected chi connectivity index (χ1v) is 12.4. The molecular weight excluding hydrogens is 460 g/mol. The summed E-state index contributed by atoms with van der Waals surface area (Å²) >= 11 is 1.38. The molecule has 0 spiro atoms. The minimum atomic E-state index is -0.399. The van der Waals surface area contributed by atoms with Crippen molar-refractivity contribution < 1.29 is 9.53 Å². The lowest BCUT2D eigenvalue weighted by molar-refractivity contribution is -0.115. The fourth-order valence-corrected chi connectivity index (χ4v) is 4.66. The molecular formula is C26H30N6O2S. The van der Waals surface area contributed by atoms with E-state index < -0.39 is 5.25 Å². The molecule has 0 saturated heterocycles. The zero-order valence-electron chi connectivity index (χ0n) is 20.6. The van der Waals surface area contributed by atoms with E-state index in [0.29, 0.717) is 18.2 Å². The van der Waals surface area contributed by atoms with Crippen LogP contribution in [-0.2, 0) is 18.3 Å². The van der Waals surface area contributed by atoms with Crippen molar-refractivity contribution in [1.29, 1.82) is 0 Å². The number of anilines is 1. The van der Waals surface area contributed by atoms with Crippen molar-refractivity contribution in [2.75, 3.05) is 11.9 Å². The number of carbonyl (C=O) groups excluding carboxylic acids is 1. The van der Waals surface area contributed by atoms with Crippen LogP contribution in [-0.4, -0.2) is 42.3 Å². The summed E-state index contributed by atoms with van der Waals surface area (Å²) in [6, 6.07) is 18.0. The molecule has 2 heterocycles. The highest BCUT2D eigenvalue weighted by molar-refractivity contribution is 8.00. The zero-order chi connectivity index (χ0) is 24.9. The van der Waals surface area contributed by atoms with Crippen LogP contribution in [0.15, 0.2) is 59.8 Å². The van der Waals surface area contributed by atoms with Crippen LogP contribution in [0.4, 0.5) is 5.69 Å². The second-order valence-corrected chi connectivity index (χ2v) is 9.55. The SMILES string of the molecule is CCOc1ccc(-n2c(Cc3ccccc3)nnc2SC(C)C(=O)Nc2c(C)nn(C)c2C)cc1. The van der Waals surface area contributed by atoms with Crippen molar-refractivity contribution in [3.8, 4) is 11.4 Å². The number of ether oxygens (including phenoxy) is 1. The number of hydrogen-bond acceptors (Lipinski definition) is 6. The number of carbonyl (C=O) groups is 1. The van der Waals surface area contributed by atoms with Crippen molar-refractivity contribution in [2.45, 2.75) is 44.5 Å². The first kappa shape index (κ1) is 24.5. The highest BCUT2D eigenvalue weighted by atomic mass is 32.2. The summed E-state index contributed by atoms with van der Waals surface area (Å²) in [6.07, 6.45) is 0.621. The lowest BCUT2D eigenvalue weighted by Crippen LogP contribution is -2.23. The largest absolute Gasteiger partial charge is 0.494 e. The summed E-state index contributed by atoms with van der Waals surface area (Å²) in [5.41, 5.74) is 4.51. The molecule has 0 aliphatic heterocycles. The number of nitrogens with one attached hydrogen (secondary N) is 1. The molecule has 1 amide bonds. The van der Waals surface area contributed by atoms with Gasteiger partial charge in [0.25, 0.3) is 0 Å². The van der Waals surface area contributed by atoms with Crippen molar-refractivity contribution in [3.63, 3.8) is 0 Å². The molecule has 1 N–H and O–H groups in total. The number of thioether (sulfide) groups is 1. The van der Waals surface area contributed by atoms with Gasteiger partial charge in [0.2, 0.25) is 5.91 Å². The Morgan fingerprint density at radius 1 is 1.09 bits per heavy atom. The average Bonchev–Trinajstić information content (AvgIpc) is 3.35. The standard InChI is InChI=1S/C26H30N6O2S/c1-6-34-22-14-12-21(13-15-22)32-23(16-20-10-8-7-9-11-20)28-29-26(32)35-19(4)25(33)27-24-17(2)30-31(5)18(24)3/h7-15,19H,6,16H2,1-5H3,(H,27,33). The molecule has 35 heavy (non-hydrogen) atoms. The van der Waals surface area contributed by atoms with Crippen molar-refractivity contribution in [1.82, 2.24) is 24.5 Å². The zero-order valence-corrected chi connectivity index (χ0v) is 21.5. The van der Waals surface area contributed by atoms with Gasteiger partial charge in [0.15, 0.2) is 5.16 Å². The van der Waals surface area contributed by atoms with Crippen LogP contribution >= 0.6 is 11.8 Å². The highest BCUT2D eigenvalue weighted by Crippen LogP contribution is 2.29. The summed E-state index contributed by atoms with van der Waals surface area (Å²) in [6.45, 7) is 8.26. The minimum Gasteiger partial charge on any atom is -0.494 e. The summed E-state index contributed by atoms with van der Waals surface area (Å²) < 4.78 is 9.38. The van der Waals surface area contributed by atoms with E-state index >= 15 is 0 Å². The number of amides is 1. The number of rotatable bonds is 9. The third kappa shape index (κ3) is 5.57. The van der Waals surface area contributed by atoms with E-state index in [0.717, 1.165) is 39.9 Å². The number of hydrogen-bond donors (Lipinski definition) is 1. The molecule has 0 aliphatic carbocycles. The normalized spacial score (nSPS) is 11.9. The summed E-state index contributed by atoms with van der Waals surface area (Å²) in [7, 11) is 1.86. The summed E-state index contributed by atoms with van der Waals surface area (Å²) in [5.74, 6) is 1.49.